The number of amides is 3. The number of fused-ring (bicyclic) bond motifs is 1. The second kappa shape index (κ2) is 8.74. The SMILES string of the molecule is O=C(Cc1ccc2c(c1)CCO2)N1CCCN(C(=O)Nc2cccc(Cl)c2)CC1. The van der Waals surface area contributed by atoms with Gasteiger partial charge < -0.3 is 19.9 Å². The number of carbonyl (C=O) groups excluding carboxylic acids is 2. The average Bonchev–Trinajstić information content (AvgIpc) is 3.02. The van der Waals surface area contributed by atoms with Crippen molar-refractivity contribution in [3.63, 3.8) is 0 Å². The van der Waals surface area contributed by atoms with Gasteiger partial charge in [0.15, 0.2) is 0 Å². The molecule has 2 aliphatic rings. The molecule has 152 valence electrons. The van der Waals surface area contributed by atoms with E-state index in [9.17, 15) is 9.59 Å². The fourth-order valence-corrected chi connectivity index (χ4v) is 3.97. The lowest BCUT2D eigenvalue weighted by Gasteiger charge is -2.22. The third-order valence-corrected chi connectivity index (χ3v) is 5.56. The van der Waals surface area contributed by atoms with Crippen molar-refractivity contribution in [3.8, 4) is 5.75 Å². The Morgan fingerprint density at radius 3 is 2.72 bits per heavy atom. The zero-order valence-corrected chi connectivity index (χ0v) is 17.0. The van der Waals surface area contributed by atoms with Gasteiger partial charge in [-0.25, -0.2) is 4.79 Å². The van der Waals surface area contributed by atoms with Crippen LogP contribution in [0.2, 0.25) is 5.02 Å². The maximum absolute atomic E-state index is 12.8. The highest BCUT2D eigenvalue weighted by atomic mass is 35.5. The van der Waals surface area contributed by atoms with Crippen molar-refractivity contribution < 1.29 is 14.3 Å². The second-order valence-electron chi connectivity index (χ2n) is 7.38. The summed E-state index contributed by atoms with van der Waals surface area (Å²) in [6.45, 7) is 3.04. The summed E-state index contributed by atoms with van der Waals surface area (Å²) in [4.78, 5) is 29.0. The fraction of sp³-hybridized carbons (Fsp3) is 0.364. The number of halogens is 1. The molecule has 4 rings (SSSR count). The van der Waals surface area contributed by atoms with Crippen LogP contribution in [0.4, 0.5) is 10.5 Å². The predicted octanol–water partition coefficient (Wildman–Crippen LogP) is 3.58. The number of rotatable bonds is 3. The molecule has 29 heavy (non-hydrogen) atoms. The molecule has 0 saturated carbocycles. The van der Waals surface area contributed by atoms with Crippen LogP contribution >= 0.6 is 11.6 Å². The van der Waals surface area contributed by atoms with E-state index < -0.39 is 0 Å². The van der Waals surface area contributed by atoms with E-state index in [2.05, 4.69) is 11.4 Å². The molecule has 0 unspecified atom stereocenters. The topological polar surface area (TPSA) is 61.9 Å². The number of ether oxygens (including phenoxy) is 1. The van der Waals surface area contributed by atoms with Gasteiger partial charge in [-0.05, 0) is 41.8 Å². The quantitative estimate of drug-likeness (QED) is 0.836. The molecule has 2 aromatic carbocycles. The molecule has 1 saturated heterocycles. The Balaban J connectivity index is 1.32. The molecule has 1 N–H and O–H groups in total. The van der Waals surface area contributed by atoms with Crippen LogP contribution in [-0.2, 0) is 17.6 Å². The maximum atomic E-state index is 12.8. The number of anilines is 1. The number of hydrogen-bond donors (Lipinski definition) is 1. The Bertz CT molecular complexity index is 918. The van der Waals surface area contributed by atoms with Crippen molar-refractivity contribution in [2.24, 2.45) is 0 Å². The minimum Gasteiger partial charge on any atom is -0.493 e. The summed E-state index contributed by atoms with van der Waals surface area (Å²) in [7, 11) is 0. The van der Waals surface area contributed by atoms with E-state index in [4.69, 9.17) is 16.3 Å². The maximum Gasteiger partial charge on any atom is 0.321 e. The van der Waals surface area contributed by atoms with Crippen molar-refractivity contribution in [1.29, 1.82) is 0 Å². The van der Waals surface area contributed by atoms with E-state index in [1.165, 1.54) is 5.56 Å². The van der Waals surface area contributed by atoms with Crippen LogP contribution < -0.4 is 10.1 Å². The first-order valence-corrected chi connectivity index (χ1v) is 10.3. The number of urea groups is 1. The van der Waals surface area contributed by atoms with Crippen molar-refractivity contribution in [2.75, 3.05) is 38.1 Å². The highest BCUT2D eigenvalue weighted by Gasteiger charge is 2.23. The van der Waals surface area contributed by atoms with Crippen LogP contribution in [0.15, 0.2) is 42.5 Å². The molecular formula is C22H24ClN3O3. The predicted molar refractivity (Wildman–Crippen MR) is 113 cm³/mol. The van der Waals surface area contributed by atoms with E-state index in [-0.39, 0.29) is 11.9 Å². The molecule has 2 heterocycles. The van der Waals surface area contributed by atoms with Crippen LogP contribution in [-0.4, -0.2) is 54.5 Å². The summed E-state index contributed by atoms with van der Waals surface area (Å²) in [6.07, 6.45) is 2.03. The molecule has 0 aliphatic carbocycles. The number of carbonyl (C=O) groups is 2. The number of nitrogens with one attached hydrogen (secondary N) is 1. The van der Waals surface area contributed by atoms with Gasteiger partial charge in [0, 0.05) is 43.3 Å². The third kappa shape index (κ3) is 4.82. The normalized spacial score (nSPS) is 16.0. The van der Waals surface area contributed by atoms with E-state index in [1.807, 2.05) is 17.0 Å². The summed E-state index contributed by atoms with van der Waals surface area (Å²) in [5.41, 5.74) is 2.86. The van der Waals surface area contributed by atoms with Gasteiger partial charge in [0.25, 0.3) is 0 Å². The first-order chi connectivity index (χ1) is 14.1. The van der Waals surface area contributed by atoms with Gasteiger partial charge in [-0.3, -0.25) is 4.79 Å². The molecule has 1 fully saturated rings. The van der Waals surface area contributed by atoms with Crippen LogP contribution in [0, 0.1) is 0 Å². The Hall–Kier alpha value is -2.73. The van der Waals surface area contributed by atoms with Crippen LogP contribution in [0.1, 0.15) is 17.5 Å². The molecule has 2 aliphatic heterocycles. The van der Waals surface area contributed by atoms with Gasteiger partial charge in [0.2, 0.25) is 5.91 Å². The third-order valence-electron chi connectivity index (χ3n) is 5.32. The lowest BCUT2D eigenvalue weighted by atomic mass is 10.1. The Morgan fingerprint density at radius 1 is 1.03 bits per heavy atom. The van der Waals surface area contributed by atoms with Crippen LogP contribution in [0.25, 0.3) is 0 Å². The molecule has 0 bridgehead atoms. The zero-order chi connectivity index (χ0) is 20.2. The second-order valence-corrected chi connectivity index (χ2v) is 7.82. The molecular weight excluding hydrogens is 390 g/mol. The Kier molecular flexibility index (Phi) is 5.90. The highest BCUT2D eigenvalue weighted by molar-refractivity contribution is 6.30. The first kappa shape index (κ1) is 19.6. The Labute approximate surface area is 175 Å². The largest absolute Gasteiger partial charge is 0.493 e. The van der Waals surface area contributed by atoms with Crippen molar-refractivity contribution in [1.82, 2.24) is 9.80 Å². The average molecular weight is 414 g/mol. The van der Waals surface area contributed by atoms with Gasteiger partial charge in [-0.2, -0.15) is 0 Å². The van der Waals surface area contributed by atoms with Crippen molar-refractivity contribution >= 4 is 29.2 Å². The smallest absolute Gasteiger partial charge is 0.321 e. The minimum absolute atomic E-state index is 0.0981. The van der Waals surface area contributed by atoms with E-state index in [1.54, 1.807) is 29.2 Å². The van der Waals surface area contributed by atoms with Crippen molar-refractivity contribution in [3.05, 3.63) is 58.6 Å². The number of nitrogens with zero attached hydrogens (tertiary/aromatic N) is 2. The lowest BCUT2D eigenvalue weighted by molar-refractivity contribution is -0.130. The summed E-state index contributed by atoms with van der Waals surface area (Å²) >= 11 is 5.98. The van der Waals surface area contributed by atoms with Crippen molar-refractivity contribution in [2.45, 2.75) is 19.3 Å². The number of hydrogen-bond acceptors (Lipinski definition) is 3. The van der Waals surface area contributed by atoms with Gasteiger partial charge in [0.05, 0.1) is 13.0 Å². The number of benzene rings is 2. The van der Waals surface area contributed by atoms with Gasteiger partial charge in [-0.15, -0.1) is 0 Å². The van der Waals surface area contributed by atoms with Gasteiger partial charge >= 0.3 is 6.03 Å². The highest BCUT2D eigenvalue weighted by Crippen LogP contribution is 2.26. The molecule has 2 aromatic rings. The summed E-state index contributed by atoms with van der Waals surface area (Å²) < 4.78 is 5.53. The molecule has 0 atom stereocenters. The molecule has 0 radical (unpaired) electrons. The summed E-state index contributed by atoms with van der Waals surface area (Å²) in [5.74, 6) is 1.03. The monoisotopic (exact) mass is 413 g/mol. The molecule has 7 heteroatoms. The lowest BCUT2D eigenvalue weighted by Crippen LogP contribution is -2.39. The fourth-order valence-electron chi connectivity index (χ4n) is 3.78. The summed E-state index contributed by atoms with van der Waals surface area (Å²) in [6, 6.07) is 12.9. The van der Waals surface area contributed by atoms with Crippen LogP contribution in [0.3, 0.4) is 0 Å². The molecule has 6 nitrogen and oxygen atoms in total. The van der Waals surface area contributed by atoms with E-state index in [0.717, 1.165) is 24.2 Å². The minimum atomic E-state index is -0.166. The Morgan fingerprint density at radius 2 is 1.86 bits per heavy atom. The molecule has 0 aromatic heterocycles. The van der Waals surface area contributed by atoms with E-state index >= 15 is 0 Å². The first-order valence-electron chi connectivity index (χ1n) is 9.92. The zero-order valence-electron chi connectivity index (χ0n) is 16.2. The summed E-state index contributed by atoms with van der Waals surface area (Å²) in [5, 5.41) is 3.45. The van der Waals surface area contributed by atoms with Gasteiger partial charge in [0.1, 0.15) is 5.75 Å². The standard InChI is InChI=1S/C22H24ClN3O3/c23-18-3-1-4-19(15-18)24-22(28)26-9-2-8-25(10-11-26)21(27)14-16-5-6-20-17(13-16)7-12-29-20/h1,3-6,13,15H,2,7-12,14H2,(H,24,28). The van der Waals surface area contributed by atoms with Crippen LogP contribution in [0.5, 0.6) is 5.75 Å². The molecule has 0 spiro atoms. The molecule has 3 amide bonds. The van der Waals surface area contributed by atoms with E-state index in [0.29, 0.717) is 49.9 Å². The van der Waals surface area contributed by atoms with Gasteiger partial charge in [-0.1, -0.05) is 29.8 Å².